The van der Waals surface area contributed by atoms with Crippen LogP contribution in [0.1, 0.15) is 5.56 Å². The molecule has 0 spiro atoms. The molecular formula is C25H20F2N4O2S. The number of hydrogen-bond acceptors (Lipinski definition) is 4. The van der Waals surface area contributed by atoms with Gasteiger partial charge in [-0.1, -0.05) is 0 Å². The summed E-state index contributed by atoms with van der Waals surface area (Å²) in [5, 5.41) is 4.46. The molecule has 6 nitrogen and oxygen atoms in total. The number of nitrogens with zero attached hydrogens (tertiary/aromatic N) is 4. The minimum atomic E-state index is -3.34. The minimum absolute atomic E-state index is 0.187. The summed E-state index contributed by atoms with van der Waals surface area (Å²) < 4.78 is 55.6. The number of hydrogen-bond donors (Lipinski definition) is 0. The Morgan fingerprint density at radius 3 is 2.35 bits per heavy atom. The van der Waals surface area contributed by atoms with E-state index in [2.05, 4.69) is 10.1 Å². The van der Waals surface area contributed by atoms with Crippen LogP contribution in [0.3, 0.4) is 0 Å². The van der Waals surface area contributed by atoms with Gasteiger partial charge in [0.05, 0.1) is 29.5 Å². The molecule has 34 heavy (non-hydrogen) atoms. The third-order valence-electron chi connectivity index (χ3n) is 5.49. The highest BCUT2D eigenvalue weighted by molar-refractivity contribution is 7.89. The molecule has 0 N–H and O–H groups in total. The molecule has 5 rings (SSSR count). The van der Waals surface area contributed by atoms with Crippen molar-refractivity contribution in [2.75, 3.05) is 6.26 Å². The number of imidazole rings is 1. The van der Waals surface area contributed by atoms with Crippen LogP contribution in [0.4, 0.5) is 8.78 Å². The number of sulfone groups is 1. The maximum Gasteiger partial charge on any atom is 0.151 e. The molecule has 0 aliphatic carbocycles. The lowest BCUT2D eigenvalue weighted by Gasteiger charge is -2.11. The number of fused-ring (bicyclic) bond motifs is 1. The molecule has 0 bridgehead atoms. The maximum atomic E-state index is 14.6. The predicted octanol–water partition coefficient (Wildman–Crippen LogP) is 4.89. The predicted molar refractivity (Wildman–Crippen MR) is 127 cm³/mol. The molecule has 0 amide bonds. The Balaban J connectivity index is 1.65. The largest absolute Gasteiger partial charge is 0.340 e. The van der Waals surface area contributed by atoms with Crippen molar-refractivity contribution < 1.29 is 17.2 Å². The number of rotatable bonds is 5. The fourth-order valence-electron chi connectivity index (χ4n) is 4.03. The molecule has 0 saturated carbocycles. The van der Waals surface area contributed by atoms with Gasteiger partial charge in [-0.05, 0) is 59.2 Å². The van der Waals surface area contributed by atoms with Crippen molar-refractivity contribution in [1.82, 2.24) is 19.2 Å². The Hall–Kier alpha value is -3.85. The first-order valence-electron chi connectivity index (χ1n) is 10.4. The lowest BCUT2D eigenvalue weighted by molar-refractivity contribution is 0.585. The number of halogens is 2. The average Bonchev–Trinajstić information content (AvgIpc) is 3.38. The zero-order valence-corrected chi connectivity index (χ0v) is 19.2. The first-order valence-corrected chi connectivity index (χ1v) is 12.5. The fourth-order valence-corrected chi connectivity index (χ4v) is 4.80. The molecule has 0 saturated heterocycles. The third kappa shape index (κ3) is 4.34. The molecule has 3 aromatic heterocycles. The molecule has 5 aromatic rings. The highest BCUT2D eigenvalue weighted by atomic mass is 32.2. The second kappa shape index (κ2) is 8.18. The second-order valence-electron chi connectivity index (χ2n) is 8.34. The summed E-state index contributed by atoms with van der Waals surface area (Å²) >= 11 is 0. The lowest BCUT2D eigenvalue weighted by atomic mass is 9.96. The van der Waals surface area contributed by atoms with Gasteiger partial charge in [0.15, 0.2) is 9.84 Å². The van der Waals surface area contributed by atoms with Gasteiger partial charge in [0.25, 0.3) is 0 Å². The molecule has 0 atom stereocenters. The third-order valence-corrected chi connectivity index (χ3v) is 6.35. The van der Waals surface area contributed by atoms with Gasteiger partial charge < -0.3 is 4.57 Å². The van der Waals surface area contributed by atoms with Crippen LogP contribution in [0.5, 0.6) is 0 Å². The van der Waals surface area contributed by atoms with E-state index >= 15 is 0 Å². The minimum Gasteiger partial charge on any atom is -0.340 e. The zero-order valence-electron chi connectivity index (χ0n) is 18.4. The molecule has 9 heteroatoms. The number of aryl methyl sites for hydroxylation is 1. The lowest BCUT2D eigenvalue weighted by Crippen LogP contribution is -2.01. The second-order valence-corrected chi connectivity index (χ2v) is 10.5. The van der Waals surface area contributed by atoms with Crippen molar-refractivity contribution in [2.45, 2.75) is 5.75 Å². The van der Waals surface area contributed by atoms with E-state index in [1.54, 1.807) is 35.2 Å². The van der Waals surface area contributed by atoms with Gasteiger partial charge in [0.1, 0.15) is 11.6 Å². The normalized spacial score (nSPS) is 11.9. The summed E-state index contributed by atoms with van der Waals surface area (Å²) in [6.07, 6.45) is 8.32. The summed E-state index contributed by atoms with van der Waals surface area (Å²) in [5.41, 5.74) is 5.08. The van der Waals surface area contributed by atoms with Crippen molar-refractivity contribution in [3.05, 3.63) is 90.6 Å². The van der Waals surface area contributed by atoms with E-state index < -0.39 is 21.5 Å². The Kier molecular flexibility index (Phi) is 5.28. The van der Waals surface area contributed by atoms with Crippen LogP contribution in [0, 0.1) is 11.6 Å². The molecule has 0 unspecified atom stereocenters. The molecule has 0 radical (unpaired) electrons. The summed E-state index contributed by atoms with van der Waals surface area (Å²) in [6.45, 7) is 0. The van der Waals surface area contributed by atoms with Gasteiger partial charge in [-0.15, -0.1) is 0 Å². The summed E-state index contributed by atoms with van der Waals surface area (Å²) in [6, 6.07) is 12.3. The summed E-state index contributed by atoms with van der Waals surface area (Å²) in [4.78, 5) is 4.37. The van der Waals surface area contributed by atoms with Crippen LogP contribution in [-0.2, 0) is 22.6 Å². The molecule has 0 fully saturated rings. The van der Waals surface area contributed by atoms with Crippen molar-refractivity contribution in [3.8, 4) is 33.5 Å². The first-order chi connectivity index (χ1) is 16.2. The molecule has 3 heterocycles. The van der Waals surface area contributed by atoms with Crippen LogP contribution in [-0.4, -0.2) is 33.8 Å². The van der Waals surface area contributed by atoms with Crippen LogP contribution >= 0.6 is 0 Å². The summed E-state index contributed by atoms with van der Waals surface area (Å²) in [7, 11) is -1.44. The van der Waals surface area contributed by atoms with Crippen LogP contribution in [0.2, 0.25) is 0 Å². The van der Waals surface area contributed by atoms with Crippen molar-refractivity contribution in [2.24, 2.45) is 7.05 Å². The Morgan fingerprint density at radius 2 is 1.68 bits per heavy atom. The maximum absolute atomic E-state index is 14.6. The standard InChI is InChI=1S/C25H20F2N4O2S/c1-30-13-24(28-15-30)17-3-6-25-22(11-29-31(25)12-17)19-8-16(14-34(2,32)33)7-18(9-19)21-5-4-20(26)10-23(21)27/h3-13,15H,14H2,1-2H3. The Morgan fingerprint density at radius 1 is 0.912 bits per heavy atom. The number of pyridine rings is 1. The number of aromatic nitrogens is 4. The Bertz CT molecular complexity index is 1660. The van der Waals surface area contributed by atoms with Crippen molar-refractivity contribution in [3.63, 3.8) is 0 Å². The van der Waals surface area contributed by atoms with Gasteiger partial charge in [-0.3, -0.25) is 0 Å². The quantitative estimate of drug-likeness (QED) is 0.361. The van der Waals surface area contributed by atoms with E-state index in [0.29, 0.717) is 16.7 Å². The molecule has 2 aromatic carbocycles. The van der Waals surface area contributed by atoms with Crippen LogP contribution in [0.25, 0.3) is 39.0 Å². The van der Waals surface area contributed by atoms with Crippen LogP contribution in [0.15, 0.2) is 73.4 Å². The van der Waals surface area contributed by atoms with E-state index in [1.165, 1.54) is 12.1 Å². The smallest absolute Gasteiger partial charge is 0.151 e. The van der Waals surface area contributed by atoms with Crippen molar-refractivity contribution >= 4 is 15.4 Å². The highest BCUT2D eigenvalue weighted by Crippen LogP contribution is 2.33. The monoisotopic (exact) mass is 478 g/mol. The fraction of sp³-hybridized carbons (Fsp3) is 0.120. The highest BCUT2D eigenvalue weighted by Gasteiger charge is 2.15. The van der Waals surface area contributed by atoms with Gasteiger partial charge in [0.2, 0.25) is 0 Å². The van der Waals surface area contributed by atoms with Gasteiger partial charge in [-0.25, -0.2) is 26.7 Å². The van der Waals surface area contributed by atoms with E-state index in [4.69, 9.17) is 0 Å². The topological polar surface area (TPSA) is 69.3 Å². The summed E-state index contributed by atoms with van der Waals surface area (Å²) in [5.74, 6) is -1.61. The average molecular weight is 479 g/mol. The van der Waals surface area contributed by atoms with Gasteiger partial charge >= 0.3 is 0 Å². The molecule has 0 aliphatic heterocycles. The van der Waals surface area contributed by atoms with Gasteiger partial charge in [0, 0.05) is 48.5 Å². The molecular weight excluding hydrogens is 458 g/mol. The Labute approximate surface area is 195 Å². The first kappa shape index (κ1) is 22.0. The van der Waals surface area contributed by atoms with Crippen molar-refractivity contribution in [1.29, 1.82) is 0 Å². The number of benzene rings is 2. The van der Waals surface area contributed by atoms with E-state index in [-0.39, 0.29) is 11.3 Å². The van der Waals surface area contributed by atoms with Gasteiger partial charge in [-0.2, -0.15) is 5.10 Å². The molecule has 172 valence electrons. The van der Waals surface area contributed by atoms with Crippen LogP contribution < -0.4 is 0 Å². The van der Waals surface area contributed by atoms with E-state index in [0.717, 1.165) is 34.7 Å². The zero-order chi connectivity index (χ0) is 24.0. The SMILES string of the molecule is Cn1cnc(-c2ccc3c(-c4cc(CS(C)(=O)=O)cc(-c5ccc(F)cc5F)c4)cnn3c2)c1. The van der Waals surface area contributed by atoms with E-state index in [1.807, 2.05) is 36.1 Å². The van der Waals surface area contributed by atoms with E-state index in [9.17, 15) is 17.2 Å². The molecule has 0 aliphatic rings.